The predicted octanol–water partition coefficient (Wildman–Crippen LogP) is 2.21. The molecule has 2 aromatic rings. The zero-order chi connectivity index (χ0) is 18.1. The topological polar surface area (TPSA) is 65.5 Å². The first kappa shape index (κ1) is 16.8. The maximum Gasteiger partial charge on any atom is 0.317 e. The van der Waals surface area contributed by atoms with E-state index in [1.165, 1.54) is 0 Å². The number of nitrogens with zero attached hydrogens (tertiary/aromatic N) is 3. The smallest absolute Gasteiger partial charge is 0.317 e. The monoisotopic (exact) mass is 352 g/mol. The molecule has 1 fully saturated rings. The third kappa shape index (κ3) is 2.89. The highest BCUT2D eigenvalue weighted by Crippen LogP contribution is 2.31. The molecule has 1 N–H and O–H groups in total. The first-order chi connectivity index (χ1) is 12.7. The molecule has 1 aliphatic carbocycles. The van der Waals surface area contributed by atoms with Crippen LogP contribution in [0.1, 0.15) is 35.0 Å². The van der Waals surface area contributed by atoms with E-state index in [2.05, 4.69) is 5.32 Å². The Bertz CT molecular complexity index is 856. The number of benzene rings is 1. The summed E-state index contributed by atoms with van der Waals surface area (Å²) in [5, 5.41) is 3.77. The second kappa shape index (κ2) is 6.94. The minimum absolute atomic E-state index is 0.0464. The van der Waals surface area contributed by atoms with E-state index < -0.39 is 0 Å². The van der Waals surface area contributed by atoms with Gasteiger partial charge in [-0.1, -0.05) is 18.2 Å². The average Bonchev–Trinajstić information content (AvgIpc) is 3.14. The molecule has 0 bridgehead atoms. The summed E-state index contributed by atoms with van der Waals surface area (Å²) in [6, 6.07) is 7.87. The van der Waals surface area contributed by atoms with Crippen molar-refractivity contribution in [3.8, 4) is 0 Å². The Labute approximate surface area is 153 Å². The van der Waals surface area contributed by atoms with Gasteiger partial charge < -0.3 is 15.1 Å². The van der Waals surface area contributed by atoms with Crippen LogP contribution >= 0.6 is 0 Å². The Morgan fingerprint density at radius 3 is 2.58 bits per heavy atom. The van der Waals surface area contributed by atoms with E-state index in [1.807, 2.05) is 36.1 Å². The van der Waals surface area contributed by atoms with Gasteiger partial charge in [-0.05, 0) is 37.8 Å². The summed E-state index contributed by atoms with van der Waals surface area (Å²) in [5.41, 5.74) is 3.93. The predicted molar refractivity (Wildman–Crippen MR) is 100 cm³/mol. The van der Waals surface area contributed by atoms with E-state index in [9.17, 15) is 9.59 Å². The highest BCUT2D eigenvalue weighted by Gasteiger charge is 2.29. The number of rotatable bonds is 2. The lowest BCUT2D eigenvalue weighted by Crippen LogP contribution is -2.53. The van der Waals surface area contributed by atoms with Gasteiger partial charge in [0.25, 0.3) is 5.91 Å². The fraction of sp³-hybridized carbons (Fsp3) is 0.450. The van der Waals surface area contributed by atoms with Gasteiger partial charge >= 0.3 is 6.03 Å². The number of aromatic nitrogens is 1. The first-order valence-corrected chi connectivity index (χ1v) is 9.41. The highest BCUT2D eigenvalue weighted by atomic mass is 16.2. The molecule has 1 aromatic carbocycles. The van der Waals surface area contributed by atoms with Crippen molar-refractivity contribution in [2.45, 2.75) is 26.2 Å². The van der Waals surface area contributed by atoms with Gasteiger partial charge in [0.1, 0.15) is 0 Å². The number of carbonyl (C=O) groups is 2. The van der Waals surface area contributed by atoms with Crippen LogP contribution in [-0.2, 0) is 12.8 Å². The number of nitrogens with one attached hydrogen (secondary N) is 1. The number of fused-ring (bicyclic) bond motifs is 2. The third-order valence-corrected chi connectivity index (χ3v) is 5.32. The molecular formula is C20H24N4O2. The molecule has 26 heavy (non-hydrogen) atoms. The van der Waals surface area contributed by atoms with Crippen LogP contribution in [0.4, 0.5) is 4.79 Å². The lowest BCUT2D eigenvalue weighted by atomic mass is 9.99. The van der Waals surface area contributed by atoms with Crippen molar-refractivity contribution in [1.29, 1.82) is 0 Å². The Kier molecular flexibility index (Phi) is 4.49. The van der Waals surface area contributed by atoms with Crippen LogP contribution in [0.15, 0.2) is 24.3 Å². The zero-order valence-corrected chi connectivity index (χ0v) is 15.1. The summed E-state index contributed by atoms with van der Waals surface area (Å²) in [5.74, 6) is 0.0808. The second-order valence-electron chi connectivity index (χ2n) is 6.90. The molecule has 1 saturated heterocycles. The number of aryl methyl sites for hydroxylation is 1. The molecule has 0 spiro atoms. The summed E-state index contributed by atoms with van der Waals surface area (Å²) in [4.78, 5) is 33.8. The summed E-state index contributed by atoms with van der Waals surface area (Å²) in [7, 11) is 0. The lowest BCUT2D eigenvalue weighted by molar-refractivity contribution is 0.0666. The third-order valence-electron chi connectivity index (χ3n) is 5.32. The Morgan fingerprint density at radius 1 is 1.08 bits per heavy atom. The van der Waals surface area contributed by atoms with E-state index in [0.29, 0.717) is 32.7 Å². The normalized spacial score (nSPS) is 16.7. The van der Waals surface area contributed by atoms with E-state index >= 15 is 0 Å². The Hall–Kier alpha value is -2.63. The molecule has 0 radical (unpaired) electrons. The van der Waals surface area contributed by atoms with Crippen molar-refractivity contribution in [3.63, 3.8) is 0 Å². The maximum atomic E-state index is 13.4. The summed E-state index contributed by atoms with van der Waals surface area (Å²) in [6.07, 6.45) is 2.93. The van der Waals surface area contributed by atoms with E-state index in [-0.39, 0.29) is 11.9 Å². The fourth-order valence-electron chi connectivity index (χ4n) is 3.99. The average molecular weight is 352 g/mol. The number of pyridine rings is 1. The quantitative estimate of drug-likeness (QED) is 0.901. The molecule has 2 aliphatic rings. The molecule has 136 valence electrons. The van der Waals surface area contributed by atoms with Crippen LogP contribution in [0.3, 0.4) is 0 Å². The Balaban J connectivity index is 1.61. The van der Waals surface area contributed by atoms with Gasteiger partial charge in [0.2, 0.25) is 0 Å². The number of carbonyl (C=O) groups excluding carboxylic acids is 2. The van der Waals surface area contributed by atoms with E-state index in [1.54, 1.807) is 4.90 Å². The molecule has 2 heterocycles. The van der Waals surface area contributed by atoms with Gasteiger partial charge in [-0.3, -0.25) is 9.78 Å². The zero-order valence-electron chi connectivity index (χ0n) is 15.1. The van der Waals surface area contributed by atoms with Crippen molar-refractivity contribution >= 4 is 22.8 Å². The Morgan fingerprint density at radius 2 is 1.81 bits per heavy atom. The summed E-state index contributed by atoms with van der Waals surface area (Å²) < 4.78 is 0. The summed E-state index contributed by atoms with van der Waals surface area (Å²) >= 11 is 0. The molecule has 4 rings (SSSR count). The minimum Gasteiger partial charge on any atom is -0.338 e. The maximum absolute atomic E-state index is 13.4. The standard InChI is InChI=1S/C20H24N4O2/c1-2-21-20(26)24-12-10-23(11-13-24)19(25)18-14-6-3-4-8-16(14)22-17-9-5-7-15(17)18/h3-4,6,8H,2,5,7,9-13H2,1H3,(H,21,26). The first-order valence-electron chi connectivity index (χ1n) is 9.41. The molecule has 0 atom stereocenters. The number of piperazine rings is 1. The van der Waals surface area contributed by atoms with Crippen molar-refractivity contribution < 1.29 is 9.59 Å². The van der Waals surface area contributed by atoms with Crippen molar-refractivity contribution in [3.05, 3.63) is 41.1 Å². The molecule has 1 aliphatic heterocycles. The summed E-state index contributed by atoms with van der Waals surface area (Å²) in [6.45, 7) is 4.81. The molecule has 6 nitrogen and oxygen atoms in total. The van der Waals surface area contributed by atoms with Crippen LogP contribution in [0, 0.1) is 0 Å². The van der Waals surface area contributed by atoms with Gasteiger partial charge in [-0.2, -0.15) is 0 Å². The number of amides is 3. The van der Waals surface area contributed by atoms with Crippen molar-refractivity contribution in [2.24, 2.45) is 0 Å². The van der Waals surface area contributed by atoms with Gasteiger partial charge in [0.15, 0.2) is 0 Å². The molecule has 1 aromatic heterocycles. The van der Waals surface area contributed by atoms with Crippen LogP contribution in [0.2, 0.25) is 0 Å². The van der Waals surface area contributed by atoms with Gasteiger partial charge in [0, 0.05) is 43.8 Å². The van der Waals surface area contributed by atoms with Crippen LogP contribution in [0.25, 0.3) is 10.9 Å². The number of hydrogen-bond acceptors (Lipinski definition) is 3. The number of urea groups is 1. The van der Waals surface area contributed by atoms with Crippen molar-refractivity contribution in [2.75, 3.05) is 32.7 Å². The molecule has 6 heteroatoms. The molecule has 0 saturated carbocycles. The lowest BCUT2D eigenvalue weighted by Gasteiger charge is -2.35. The SMILES string of the molecule is CCNC(=O)N1CCN(C(=O)c2c3c(nc4ccccc24)CCC3)CC1. The number of hydrogen-bond donors (Lipinski definition) is 1. The second-order valence-corrected chi connectivity index (χ2v) is 6.90. The highest BCUT2D eigenvalue weighted by molar-refractivity contribution is 6.08. The molecular weight excluding hydrogens is 328 g/mol. The van der Waals surface area contributed by atoms with E-state index in [0.717, 1.165) is 47.0 Å². The number of para-hydroxylation sites is 1. The van der Waals surface area contributed by atoms with Gasteiger partial charge in [-0.15, -0.1) is 0 Å². The van der Waals surface area contributed by atoms with Gasteiger partial charge in [-0.25, -0.2) is 4.79 Å². The van der Waals surface area contributed by atoms with Crippen LogP contribution in [0.5, 0.6) is 0 Å². The minimum atomic E-state index is -0.0464. The largest absolute Gasteiger partial charge is 0.338 e. The van der Waals surface area contributed by atoms with Crippen LogP contribution < -0.4 is 5.32 Å². The van der Waals surface area contributed by atoms with Crippen LogP contribution in [-0.4, -0.2) is 59.4 Å². The molecule has 3 amide bonds. The van der Waals surface area contributed by atoms with Crippen molar-refractivity contribution in [1.82, 2.24) is 20.1 Å². The fourth-order valence-corrected chi connectivity index (χ4v) is 3.99. The van der Waals surface area contributed by atoms with Gasteiger partial charge in [0.05, 0.1) is 11.1 Å². The van der Waals surface area contributed by atoms with E-state index in [4.69, 9.17) is 4.98 Å². The molecule has 0 unspecified atom stereocenters.